The van der Waals surface area contributed by atoms with Crippen molar-refractivity contribution in [2.24, 2.45) is 5.92 Å². The van der Waals surface area contributed by atoms with Gasteiger partial charge in [0.15, 0.2) is 5.15 Å². The number of methoxy groups -OCH3 is 2. The highest BCUT2D eigenvalue weighted by Crippen LogP contribution is 2.50. The van der Waals surface area contributed by atoms with E-state index in [2.05, 4.69) is 20.2 Å². The van der Waals surface area contributed by atoms with Crippen LogP contribution in [0, 0.1) is 5.92 Å². The Morgan fingerprint density at radius 3 is 2.70 bits per heavy atom. The first-order valence-corrected chi connectivity index (χ1v) is 7.42. The van der Waals surface area contributed by atoms with E-state index in [-0.39, 0.29) is 23.6 Å². The number of aromatic nitrogens is 4. The van der Waals surface area contributed by atoms with Crippen LogP contribution in [0.2, 0.25) is 5.15 Å². The lowest BCUT2D eigenvalue weighted by molar-refractivity contribution is -0.118. The molecule has 0 N–H and O–H groups in total. The zero-order valence-electron chi connectivity index (χ0n) is 12.9. The highest BCUT2D eigenvalue weighted by molar-refractivity contribution is 6.30. The van der Waals surface area contributed by atoms with Crippen LogP contribution >= 0.6 is 11.6 Å². The molecule has 3 rings (SSSR count). The standard InChI is InChI=1S/C15H15ClN4O3/c1-7(21)8-4-9(8)10-5-12(19-20-13(10)16)11-6-17-15(23-3)18-14(11)22-2/h5-6,8-9H,4H2,1-3H3/t8-,9+/m1/s1. The van der Waals surface area contributed by atoms with Crippen molar-refractivity contribution in [2.45, 2.75) is 19.3 Å². The van der Waals surface area contributed by atoms with E-state index in [1.165, 1.54) is 14.2 Å². The first-order valence-electron chi connectivity index (χ1n) is 7.04. The summed E-state index contributed by atoms with van der Waals surface area (Å²) in [7, 11) is 2.98. The van der Waals surface area contributed by atoms with Gasteiger partial charge in [-0.05, 0) is 30.9 Å². The molecule has 0 aliphatic heterocycles. The van der Waals surface area contributed by atoms with Gasteiger partial charge in [-0.25, -0.2) is 4.98 Å². The van der Waals surface area contributed by atoms with E-state index in [0.29, 0.717) is 22.3 Å². The maximum atomic E-state index is 11.5. The van der Waals surface area contributed by atoms with Crippen LogP contribution in [0.15, 0.2) is 12.3 Å². The minimum atomic E-state index is 0.0126. The summed E-state index contributed by atoms with van der Waals surface area (Å²) in [5.74, 6) is 0.603. The van der Waals surface area contributed by atoms with Crippen molar-refractivity contribution in [3.8, 4) is 23.1 Å². The summed E-state index contributed by atoms with van der Waals surface area (Å²) in [6.45, 7) is 1.59. The fourth-order valence-electron chi connectivity index (χ4n) is 2.55. The molecule has 23 heavy (non-hydrogen) atoms. The van der Waals surface area contributed by atoms with Gasteiger partial charge in [-0.1, -0.05) is 11.6 Å². The topological polar surface area (TPSA) is 87.1 Å². The number of halogens is 1. The average Bonchev–Trinajstić information content (AvgIpc) is 3.35. The second-order valence-electron chi connectivity index (χ2n) is 5.31. The van der Waals surface area contributed by atoms with Gasteiger partial charge in [-0.3, -0.25) is 4.79 Å². The molecule has 2 heterocycles. The van der Waals surface area contributed by atoms with Gasteiger partial charge < -0.3 is 9.47 Å². The van der Waals surface area contributed by atoms with E-state index in [1.54, 1.807) is 13.1 Å². The lowest BCUT2D eigenvalue weighted by Crippen LogP contribution is -2.01. The number of hydrogen-bond acceptors (Lipinski definition) is 7. The van der Waals surface area contributed by atoms with Crippen molar-refractivity contribution < 1.29 is 14.3 Å². The van der Waals surface area contributed by atoms with Gasteiger partial charge in [0, 0.05) is 12.1 Å². The molecule has 2 aromatic heterocycles. The Kier molecular flexibility index (Phi) is 4.12. The molecule has 1 fully saturated rings. The van der Waals surface area contributed by atoms with Crippen LogP contribution in [0.25, 0.3) is 11.3 Å². The molecule has 0 radical (unpaired) electrons. The quantitative estimate of drug-likeness (QED) is 0.829. The number of ketones is 1. The average molecular weight is 335 g/mol. The SMILES string of the molecule is COc1ncc(-c2cc([C@H]3C[C@@H]3C(C)=O)c(Cl)nn2)c(OC)n1. The predicted molar refractivity (Wildman–Crippen MR) is 82.7 cm³/mol. The number of nitrogens with zero attached hydrogens (tertiary/aromatic N) is 4. The molecule has 0 aromatic carbocycles. The smallest absolute Gasteiger partial charge is 0.319 e. The molecule has 1 aliphatic rings. The van der Waals surface area contributed by atoms with E-state index >= 15 is 0 Å². The van der Waals surface area contributed by atoms with Crippen molar-refractivity contribution >= 4 is 17.4 Å². The molecule has 0 spiro atoms. The summed E-state index contributed by atoms with van der Waals surface area (Å²) in [5, 5.41) is 8.39. The van der Waals surface area contributed by atoms with Crippen molar-refractivity contribution in [2.75, 3.05) is 14.2 Å². The Labute approximate surface area is 138 Å². The Morgan fingerprint density at radius 1 is 1.30 bits per heavy atom. The molecule has 2 atom stereocenters. The zero-order valence-corrected chi connectivity index (χ0v) is 13.7. The summed E-state index contributed by atoms with van der Waals surface area (Å²) in [4.78, 5) is 19.7. The van der Waals surface area contributed by atoms with Gasteiger partial charge in [0.1, 0.15) is 11.5 Å². The van der Waals surface area contributed by atoms with E-state index in [1.807, 2.05) is 6.07 Å². The fraction of sp³-hybridized carbons (Fsp3) is 0.400. The molecule has 0 saturated heterocycles. The molecular weight excluding hydrogens is 320 g/mol. The Hall–Kier alpha value is -2.28. The molecule has 1 saturated carbocycles. The van der Waals surface area contributed by atoms with Gasteiger partial charge in [-0.2, -0.15) is 4.98 Å². The number of Topliss-reactive ketones (excluding diaryl/α,β-unsaturated/α-hetero) is 1. The van der Waals surface area contributed by atoms with Crippen LogP contribution in [0.3, 0.4) is 0 Å². The summed E-state index contributed by atoms with van der Waals surface area (Å²) >= 11 is 6.14. The van der Waals surface area contributed by atoms with Crippen LogP contribution in [0.4, 0.5) is 0 Å². The van der Waals surface area contributed by atoms with Gasteiger partial charge in [0.25, 0.3) is 0 Å². The number of carbonyl (C=O) groups excluding carboxylic acids is 1. The highest BCUT2D eigenvalue weighted by Gasteiger charge is 2.43. The van der Waals surface area contributed by atoms with Crippen LogP contribution in [-0.4, -0.2) is 40.2 Å². The van der Waals surface area contributed by atoms with Gasteiger partial charge in [-0.15, -0.1) is 10.2 Å². The highest BCUT2D eigenvalue weighted by atomic mass is 35.5. The van der Waals surface area contributed by atoms with Gasteiger partial charge >= 0.3 is 6.01 Å². The third kappa shape index (κ3) is 2.96. The van der Waals surface area contributed by atoms with Crippen LogP contribution in [0.5, 0.6) is 11.9 Å². The Bertz CT molecular complexity index is 768. The molecule has 120 valence electrons. The normalized spacial score (nSPS) is 19.3. The number of rotatable bonds is 5. The Balaban J connectivity index is 2.00. The minimum Gasteiger partial charge on any atom is -0.480 e. The third-order valence-corrected chi connectivity index (χ3v) is 4.17. The monoisotopic (exact) mass is 334 g/mol. The third-order valence-electron chi connectivity index (χ3n) is 3.87. The molecule has 8 heteroatoms. The molecule has 0 bridgehead atoms. The molecular formula is C15H15ClN4O3. The number of ether oxygens (including phenoxy) is 2. The van der Waals surface area contributed by atoms with Gasteiger partial charge in [0.05, 0.1) is 19.8 Å². The first kappa shape index (κ1) is 15.6. The van der Waals surface area contributed by atoms with Crippen LogP contribution in [-0.2, 0) is 4.79 Å². The van der Waals surface area contributed by atoms with Gasteiger partial charge in [0.2, 0.25) is 5.88 Å². The van der Waals surface area contributed by atoms with Crippen molar-refractivity contribution in [3.63, 3.8) is 0 Å². The van der Waals surface area contributed by atoms with Crippen molar-refractivity contribution in [1.29, 1.82) is 0 Å². The summed E-state index contributed by atoms with van der Waals surface area (Å²) in [5.41, 5.74) is 1.94. The number of hydrogen-bond donors (Lipinski definition) is 0. The maximum absolute atomic E-state index is 11.5. The van der Waals surface area contributed by atoms with E-state index in [4.69, 9.17) is 21.1 Å². The zero-order chi connectivity index (χ0) is 16.6. The van der Waals surface area contributed by atoms with E-state index < -0.39 is 0 Å². The molecule has 7 nitrogen and oxygen atoms in total. The fourth-order valence-corrected chi connectivity index (χ4v) is 2.78. The molecule has 1 aliphatic carbocycles. The Morgan fingerprint density at radius 2 is 2.09 bits per heavy atom. The van der Waals surface area contributed by atoms with E-state index in [0.717, 1.165) is 12.0 Å². The second kappa shape index (κ2) is 6.08. The van der Waals surface area contributed by atoms with Crippen molar-refractivity contribution in [1.82, 2.24) is 20.2 Å². The molecule has 2 aromatic rings. The van der Waals surface area contributed by atoms with E-state index in [9.17, 15) is 4.79 Å². The second-order valence-corrected chi connectivity index (χ2v) is 5.67. The summed E-state index contributed by atoms with van der Waals surface area (Å²) in [6, 6.07) is 2.02. The summed E-state index contributed by atoms with van der Waals surface area (Å²) in [6.07, 6.45) is 2.35. The lowest BCUT2D eigenvalue weighted by atomic mass is 10.1. The predicted octanol–water partition coefficient (Wildman–Crippen LogP) is 2.30. The summed E-state index contributed by atoms with van der Waals surface area (Å²) < 4.78 is 10.2. The maximum Gasteiger partial charge on any atom is 0.319 e. The first-order chi connectivity index (χ1) is 11.0. The van der Waals surface area contributed by atoms with Crippen LogP contribution < -0.4 is 9.47 Å². The number of carbonyl (C=O) groups is 1. The molecule has 0 unspecified atom stereocenters. The van der Waals surface area contributed by atoms with Crippen LogP contribution in [0.1, 0.15) is 24.8 Å². The van der Waals surface area contributed by atoms with Crippen molar-refractivity contribution in [3.05, 3.63) is 23.0 Å². The molecule has 0 amide bonds. The lowest BCUT2D eigenvalue weighted by Gasteiger charge is -2.09. The largest absolute Gasteiger partial charge is 0.480 e. The minimum absolute atomic E-state index is 0.0126.